The lowest BCUT2D eigenvalue weighted by Gasteiger charge is -2.29. The molecule has 2 N–H and O–H groups in total. The minimum atomic E-state index is -0.205. The maximum Gasteiger partial charge on any atom is 0.224 e. The van der Waals surface area contributed by atoms with E-state index in [0.717, 1.165) is 30.6 Å². The number of hydrogen-bond donors (Lipinski definition) is 2. The summed E-state index contributed by atoms with van der Waals surface area (Å²) in [7, 11) is 0. The Morgan fingerprint density at radius 2 is 2.17 bits per heavy atom. The van der Waals surface area contributed by atoms with Gasteiger partial charge in [-0.05, 0) is 50.9 Å². The highest BCUT2D eigenvalue weighted by Crippen LogP contribution is 2.24. The van der Waals surface area contributed by atoms with Gasteiger partial charge in [0.2, 0.25) is 5.91 Å². The molecule has 0 spiro atoms. The highest BCUT2D eigenvalue weighted by atomic mass is 16.1. The molecule has 24 heavy (non-hydrogen) atoms. The van der Waals surface area contributed by atoms with Crippen molar-refractivity contribution in [1.29, 1.82) is 0 Å². The number of carbonyl (C=O) groups excluding carboxylic acids is 1. The van der Waals surface area contributed by atoms with Crippen molar-refractivity contribution >= 4 is 5.91 Å². The number of aromatic nitrogens is 1. The maximum atomic E-state index is 12.8. The van der Waals surface area contributed by atoms with Crippen LogP contribution < -0.4 is 10.6 Å². The molecule has 4 heteroatoms. The normalized spacial score (nSPS) is 21.9. The van der Waals surface area contributed by atoms with Crippen molar-refractivity contribution in [2.45, 2.75) is 38.8 Å². The average molecular weight is 323 g/mol. The third-order valence-corrected chi connectivity index (χ3v) is 4.64. The summed E-state index contributed by atoms with van der Waals surface area (Å²) in [4.78, 5) is 17.3. The molecule has 1 saturated heterocycles. The molecule has 126 valence electrons. The maximum absolute atomic E-state index is 12.8. The van der Waals surface area contributed by atoms with Gasteiger partial charge in [-0.1, -0.05) is 35.9 Å². The highest BCUT2D eigenvalue weighted by Gasteiger charge is 2.27. The van der Waals surface area contributed by atoms with E-state index in [-0.39, 0.29) is 17.9 Å². The molecule has 1 fully saturated rings. The molecule has 1 aliphatic rings. The number of nitrogens with one attached hydrogen (secondary N) is 2. The molecule has 0 saturated carbocycles. The molecule has 0 bridgehead atoms. The van der Waals surface area contributed by atoms with E-state index in [1.54, 1.807) is 6.20 Å². The summed E-state index contributed by atoms with van der Waals surface area (Å²) in [6.45, 7) is 5.10. The van der Waals surface area contributed by atoms with E-state index in [9.17, 15) is 4.79 Å². The zero-order chi connectivity index (χ0) is 16.9. The van der Waals surface area contributed by atoms with Gasteiger partial charge in [-0.25, -0.2) is 0 Å². The molecule has 1 unspecified atom stereocenters. The third kappa shape index (κ3) is 4.01. The first kappa shape index (κ1) is 16.7. The molecule has 2 aromatic rings. The van der Waals surface area contributed by atoms with Crippen LogP contribution in [0.1, 0.15) is 42.6 Å². The number of hydrogen-bond acceptors (Lipinski definition) is 3. The summed E-state index contributed by atoms with van der Waals surface area (Å²) in [6.07, 6.45) is 3.55. The molecule has 3 atom stereocenters. The van der Waals surface area contributed by atoms with Crippen LogP contribution in [-0.2, 0) is 4.79 Å². The fourth-order valence-corrected chi connectivity index (χ4v) is 3.35. The molecule has 3 rings (SSSR count). The Morgan fingerprint density at radius 1 is 1.29 bits per heavy atom. The Morgan fingerprint density at radius 3 is 2.88 bits per heavy atom. The first-order valence-electron chi connectivity index (χ1n) is 8.64. The number of rotatable bonds is 4. The number of piperidine rings is 1. The smallest absolute Gasteiger partial charge is 0.224 e. The lowest BCUT2D eigenvalue weighted by molar-refractivity contribution is -0.126. The van der Waals surface area contributed by atoms with E-state index in [1.807, 2.05) is 24.3 Å². The summed E-state index contributed by atoms with van der Waals surface area (Å²) in [5.41, 5.74) is 3.13. The molecule has 4 nitrogen and oxygen atoms in total. The zero-order valence-corrected chi connectivity index (χ0v) is 14.3. The van der Waals surface area contributed by atoms with Crippen molar-refractivity contribution in [2.75, 3.05) is 6.54 Å². The molecule has 0 radical (unpaired) electrons. The fourth-order valence-electron chi connectivity index (χ4n) is 3.35. The molecule has 1 aromatic carbocycles. The Labute approximate surface area is 143 Å². The number of nitrogens with zero attached hydrogens (tertiary/aromatic N) is 1. The number of pyridine rings is 1. The van der Waals surface area contributed by atoms with Gasteiger partial charge in [0.15, 0.2) is 0 Å². The predicted molar refractivity (Wildman–Crippen MR) is 95.6 cm³/mol. The minimum absolute atomic E-state index is 0.0669. The molecule has 0 aliphatic carbocycles. The molecule has 2 heterocycles. The van der Waals surface area contributed by atoms with Crippen LogP contribution in [0.25, 0.3) is 0 Å². The monoisotopic (exact) mass is 323 g/mol. The molecular formula is C20H25N3O. The fraction of sp³-hybridized carbons (Fsp3) is 0.400. The highest BCUT2D eigenvalue weighted by molar-refractivity contribution is 5.79. The molecule has 1 amide bonds. The van der Waals surface area contributed by atoms with Gasteiger partial charge in [0.1, 0.15) is 0 Å². The van der Waals surface area contributed by atoms with Gasteiger partial charge >= 0.3 is 0 Å². The van der Waals surface area contributed by atoms with Crippen molar-refractivity contribution in [2.24, 2.45) is 5.92 Å². The Kier molecular flexibility index (Phi) is 5.26. The van der Waals surface area contributed by atoms with Gasteiger partial charge in [-0.2, -0.15) is 0 Å². The first-order chi connectivity index (χ1) is 11.6. The zero-order valence-electron chi connectivity index (χ0n) is 14.3. The van der Waals surface area contributed by atoms with Crippen LogP contribution in [0.2, 0.25) is 0 Å². The predicted octanol–water partition coefficient (Wildman–Crippen LogP) is 2.98. The van der Waals surface area contributed by atoms with Gasteiger partial charge in [0.25, 0.3) is 0 Å². The number of amides is 1. The Balaban J connectivity index is 1.84. The van der Waals surface area contributed by atoms with Crippen LogP contribution in [0.4, 0.5) is 0 Å². The van der Waals surface area contributed by atoms with E-state index in [2.05, 4.69) is 47.7 Å². The van der Waals surface area contributed by atoms with Gasteiger partial charge in [-0.15, -0.1) is 0 Å². The standard InChI is InChI=1S/C20H25N3O/c1-14-6-5-7-16(12-14)19(18-8-3-4-10-22-18)23-20(24)17-9-11-21-15(2)13-17/h3-8,10,12,15,17,19,21H,9,11,13H2,1-2H3,(H,23,24)/t15-,17-,19?/m0/s1. The minimum Gasteiger partial charge on any atom is -0.343 e. The quantitative estimate of drug-likeness (QED) is 0.909. The summed E-state index contributed by atoms with van der Waals surface area (Å²) in [5, 5.41) is 6.64. The molecular weight excluding hydrogens is 298 g/mol. The van der Waals surface area contributed by atoms with E-state index < -0.39 is 0 Å². The summed E-state index contributed by atoms with van der Waals surface area (Å²) >= 11 is 0. The van der Waals surface area contributed by atoms with Gasteiger partial charge in [0.05, 0.1) is 11.7 Å². The van der Waals surface area contributed by atoms with Gasteiger partial charge in [-0.3, -0.25) is 9.78 Å². The Bertz CT molecular complexity index is 686. The first-order valence-corrected chi connectivity index (χ1v) is 8.64. The summed E-state index contributed by atoms with van der Waals surface area (Å²) < 4.78 is 0. The van der Waals surface area contributed by atoms with Crippen molar-refractivity contribution in [3.05, 3.63) is 65.5 Å². The van der Waals surface area contributed by atoms with Crippen LogP contribution in [0.5, 0.6) is 0 Å². The topological polar surface area (TPSA) is 54.0 Å². The van der Waals surface area contributed by atoms with E-state index >= 15 is 0 Å². The SMILES string of the molecule is Cc1cccc(C(NC(=O)[C@H]2CCN[C@@H](C)C2)c2ccccn2)c1. The molecule has 1 aromatic heterocycles. The van der Waals surface area contributed by atoms with E-state index in [1.165, 1.54) is 5.56 Å². The number of aryl methyl sites for hydroxylation is 1. The van der Waals surface area contributed by atoms with Crippen molar-refractivity contribution in [3.8, 4) is 0 Å². The van der Waals surface area contributed by atoms with Crippen LogP contribution in [0.15, 0.2) is 48.7 Å². The lowest BCUT2D eigenvalue weighted by Crippen LogP contribution is -2.43. The number of benzene rings is 1. The molecule has 1 aliphatic heterocycles. The van der Waals surface area contributed by atoms with E-state index in [4.69, 9.17) is 0 Å². The third-order valence-electron chi connectivity index (χ3n) is 4.64. The second kappa shape index (κ2) is 7.58. The van der Waals surface area contributed by atoms with Gasteiger partial charge < -0.3 is 10.6 Å². The Hall–Kier alpha value is -2.20. The average Bonchev–Trinajstić information content (AvgIpc) is 2.60. The summed E-state index contributed by atoms with van der Waals surface area (Å²) in [5.74, 6) is 0.192. The van der Waals surface area contributed by atoms with Gasteiger partial charge in [0, 0.05) is 18.2 Å². The van der Waals surface area contributed by atoms with Crippen molar-refractivity contribution in [1.82, 2.24) is 15.6 Å². The van der Waals surface area contributed by atoms with E-state index in [0.29, 0.717) is 6.04 Å². The van der Waals surface area contributed by atoms with Crippen molar-refractivity contribution < 1.29 is 4.79 Å². The summed E-state index contributed by atoms with van der Waals surface area (Å²) in [6, 6.07) is 14.3. The van der Waals surface area contributed by atoms with Crippen LogP contribution in [-0.4, -0.2) is 23.5 Å². The second-order valence-corrected chi connectivity index (χ2v) is 6.69. The lowest BCUT2D eigenvalue weighted by atomic mass is 9.91. The number of carbonyl (C=O) groups is 1. The van der Waals surface area contributed by atoms with Crippen molar-refractivity contribution in [3.63, 3.8) is 0 Å². The van der Waals surface area contributed by atoms with Crippen LogP contribution >= 0.6 is 0 Å². The second-order valence-electron chi connectivity index (χ2n) is 6.69. The van der Waals surface area contributed by atoms with Crippen LogP contribution in [0.3, 0.4) is 0 Å². The van der Waals surface area contributed by atoms with Crippen LogP contribution in [0, 0.1) is 12.8 Å². The largest absolute Gasteiger partial charge is 0.343 e.